The Hall–Kier alpha value is -1.65. The van der Waals surface area contributed by atoms with E-state index in [-0.39, 0.29) is 0 Å². The average molecular weight is 346 g/mol. The Labute approximate surface area is 132 Å². The third-order valence-electron chi connectivity index (χ3n) is 3.87. The van der Waals surface area contributed by atoms with Crippen molar-refractivity contribution in [2.75, 3.05) is 6.54 Å². The van der Waals surface area contributed by atoms with Gasteiger partial charge in [0, 0.05) is 24.1 Å². The van der Waals surface area contributed by atoms with Gasteiger partial charge in [-0.25, -0.2) is 4.79 Å². The summed E-state index contributed by atoms with van der Waals surface area (Å²) in [5.41, 5.74) is 3.85. The fourth-order valence-electron chi connectivity index (χ4n) is 2.90. The minimum Gasteiger partial charge on any atom is -0.478 e. The van der Waals surface area contributed by atoms with Crippen molar-refractivity contribution in [3.63, 3.8) is 0 Å². The lowest BCUT2D eigenvalue weighted by atomic mass is 9.94. The van der Waals surface area contributed by atoms with Crippen molar-refractivity contribution < 1.29 is 9.90 Å². The molecule has 0 saturated carbocycles. The van der Waals surface area contributed by atoms with Crippen LogP contribution in [0.4, 0.5) is 0 Å². The van der Waals surface area contributed by atoms with E-state index in [9.17, 15) is 9.90 Å². The summed E-state index contributed by atoms with van der Waals surface area (Å²) in [6.07, 6.45) is 0.797. The highest BCUT2D eigenvalue weighted by atomic mass is 79.9. The smallest absolute Gasteiger partial charge is 0.335 e. The van der Waals surface area contributed by atoms with Crippen LogP contribution in [0.2, 0.25) is 0 Å². The number of carbonyl (C=O) groups is 1. The van der Waals surface area contributed by atoms with E-state index in [1.54, 1.807) is 6.07 Å². The van der Waals surface area contributed by atoms with Gasteiger partial charge in [-0.15, -0.1) is 0 Å². The number of hydrogen-bond donors (Lipinski definition) is 1. The van der Waals surface area contributed by atoms with Crippen LogP contribution in [0.1, 0.15) is 27.0 Å². The van der Waals surface area contributed by atoms with Crippen LogP contribution in [-0.4, -0.2) is 22.5 Å². The molecule has 0 aromatic heterocycles. The molecule has 0 unspecified atom stereocenters. The fourth-order valence-corrected chi connectivity index (χ4v) is 3.34. The molecule has 21 heavy (non-hydrogen) atoms. The van der Waals surface area contributed by atoms with E-state index in [0.29, 0.717) is 5.56 Å². The molecule has 4 heteroatoms. The summed E-state index contributed by atoms with van der Waals surface area (Å²) in [6, 6.07) is 13.9. The average Bonchev–Trinajstić information content (AvgIpc) is 2.46. The number of fused-ring (bicyclic) bond motifs is 1. The van der Waals surface area contributed by atoms with Gasteiger partial charge in [-0.05, 0) is 41.3 Å². The van der Waals surface area contributed by atoms with Gasteiger partial charge in [-0.2, -0.15) is 0 Å². The number of halogens is 1. The largest absolute Gasteiger partial charge is 0.478 e. The predicted molar refractivity (Wildman–Crippen MR) is 85.4 cm³/mol. The second-order valence-electron chi connectivity index (χ2n) is 5.34. The molecule has 0 saturated heterocycles. The first kappa shape index (κ1) is 14.3. The van der Waals surface area contributed by atoms with E-state index in [2.05, 4.69) is 33.0 Å². The second-order valence-corrected chi connectivity index (χ2v) is 6.25. The van der Waals surface area contributed by atoms with E-state index < -0.39 is 5.97 Å². The highest BCUT2D eigenvalue weighted by Crippen LogP contribution is 2.24. The first-order valence-corrected chi connectivity index (χ1v) is 7.73. The van der Waals surface area contributed by atoms with E-state index in [4.69, 9.17) is 0 Å². The number of carboxylic acid groups (broad SMARTS) is 1. The summed E-state index contributed by atoms with van der Waals surface area (Å²) in [6.45, 7) is 2.59. The zero-order valence-corrected chi connectivity index (χ0v) is 13.1. The molecule has 3 nitrogen and oxygen atoms in total. The van der Waals surface area contributed by atoms with Crippen LogP contribution >= 0.6 is 15.9 Å². The van der Waals surface area contributed by atoms with Crippen molar-refractivity contribution >= 4 is 21.9 Å². The summed E-state index contributed by atoms with van der Waals surface area (Å²) >= 11 is 3.49. The molecule has 1 aliphatic heterocycles. The molecular weight excluding hydrogens is 330 g/mol. The first-order valence-electron chi connectivity index (χ1n) is 6.94. The van der Waals surface area contributed by atoms with Crippen LogP contribution in [0.5, 0.6) is 0 Å². The molecule has 108 valence electrons. The van der Waals surface area contributed by atoms with E-state index in [0.717, 1.165) is 41.7 Å². The number of nitrogens with zero attached hydrogens (tertiary/aromatic N) is 1. The third kappa shape index (κ3) is 3.17. The van der Waals surface area contributed by atoms with Gasteiger partial charge in [0.15, 0.2) is 0 Å². The van der Waals surface area contributed by atoms with Crippen LogP contribution in [0.15, 0.2) is 46.9 Å². The van der Waals surface area contributed by atoms with Crippen molar-refractivity contribution in [2.24, 2.45) is 0 Å². The summed E-state index contributed by atoms with van der Waals surface area (Å²) < 4.78 is 1.09. The normalized spacial score (nSPS) is 14.7. The lowest BCUT2D eigenvalue weighted by Gasteiger charge is -2.29. The fraction of sp³-hybridized carbons (Fsp3) is 0.235. The minimum absolute atomic E-state index is 0.453. The van der Waals surface area contributed by atoms with Gasteiger partial charge >= 0.3 is 5.97 Å². The molecule has 2 aromatic rings. The Kier molecular flexibility index (Phi) is 4.08. The SMILES string of the molecule is O=C(O)c1cccc2c1CCN(Cc1cccc(Br)c1)C2. The number of rotatable bonds is 3. The topological polar surface area (TPSA) is 40.5 Å². The molecule has 0 amide bonds. The van der Waals surface area contributed by atoms with E-state index >= 15 is 0 Å². The quantitative estimate of drug-likeness (QED) is 0.921. The molecule has 0 aliphatic carbocycles. The molecule has 1 N–H and O–H groups in total. The monoisotopic (exact) mass is 345 g/mol. The van der Waals surface area contributed by atoms with Gasteiger partial charge in [0.25, 0.3) is 0 Å². The van der Waals surface area contributed by atoms with Crippen LogP contribution in [0, 0.1) is 0 Å². The third-order valence-corrected chi connectivity index (χ3v) is 4.36. The summed E-state index contributed by atoms with van der Waals surface area (Å²) in [7, 11) is 0. The zero-order valence-electron chi connectivity index (χ0n) is 11.6. The molecular formula is C17H16BrNO2. The van der Waals surface area contributed by atoms with Gasteiger partial charge < -0.3 is 5.11 Å². The highest BCUT2D eigenvalue weighted by molar-refractivity contribution is 9.10. The highest BCUT2D eigenvalue weighted by Gasteiger charge is 2.21. The maximum Gasteiger partial charge on any atom is 0.335 e. The lowest BCUT2D eigenvalue weighted by Crippen LogP contribution is -2.31. The molecule has 1 heterocycles. The number of benzene rings is 2. The van der Waals surface area contributed by atoms with E-state index in [1.165, 1.54) is 5.56 Å². The van der Waals surface area contributed by atoms with Crippen LogP contribution in [0.3, 0.4) is 0 Å². The van der Waals surface area contributed by atoms with Gasteiger partial charge in [0.1, 0.15) is 0 Å². The van der Waals surface area contributed by atoms with Crippen molar-refractivity contribution in [1.29, 1.82) is 0 Å². The maximum atomic E-state index is 11.3. The van der Waals surface area contributed by atoms with Crippen molar-refractivity contribution in [3.05, 3.63) is 69.2 Å². The Morgan fingerprint density at radius 2 is 2.05 bits per heavy atom. The lowest BCUT2D eigenvalue weighted by molar-refractivity contribution is 0.0694. The van der Waals surface area contributed by atoms with Crippen molar-refractivity contribution in [1.82, 2.24) is 4.90 Å². The molecule has 0 atom stereocenters. The van der Waals surface area contributed by atoms with Gasteiger partial charge in [0.05, 0.1) is 5.56 Å². The predicted octanol–water partition coefficient (Wildman–Crippen LogP) is 3.71. The van der Waals surface area contributed by atoms with Crippen LogP contribution in [0.25, 0.3) is 0 Å². The van der Waals surface area contributed by atoms with Gasteiger partial charge in [-0.3, -0.25) is 4.90 Å². The molecule has 2 aromatic carbocycles. The Bertz CT molecular complexity index is 684. The van der Waals surface area contributed by atoms with Crippen molar-refractivity contribution in [2.45, 2.75) is 19.5 Å². The summed E-state index contributed by atoms with van der Waals surface area (Å²) in [5.74, 6) is -0.827. The summed E-state index contributed by atoms with van der Waals surface area (Å²) in [4.78, 5) is 13.6. The Morgan fingerprint density at radius 3 is 2.81 bits per heavy atom. The number of hydrogen-bond acceptors (Lipinski definition) is 2. The first-order chi connectivity index (χ1) is 10.1. The maximum absolute atomic E-state index is 11.3. The van der Waals surface area contributed by atoms with E-state index in [1.807, 2.05) is 24.3 Å². The molecule has 1 aliphatic rings. The van der Waals surface area contributed by atoms with Crippen molar-refractivity contribution in [3.8, 4) is 0 Å². The second kappa shape index (κ2) is 6.00. The molecule has 0 radical (unpaired) electrons. The standard InChI is InChI=1S/C17H16BrNO2/c18-14-5-1-3-12(9-14)10-19-8-7-15-13(11-19)4-2-6-16(15)17(20)21/h1-6,9H,7-8,10-11H2,(H,20,21). The molecule has 3 rings (SSSR count). The summed E-state index contributed by atoms with van der Waals surface area (Å²) in [5, 5.41) is 9.25. The Morgan fingerprint density at radius 1 is 1.24 bits per heavy atom. The number of aromatic carboxylic acids is 1. The van der Waals surface area contributed by atoms with Crippen LogP contribution < -0.4 is 0 Å². The molecule has 0 spiro atoms. The number of carboxylic acids is 1. The van der Waals surface area contributed by atoms with Gasteiger partial charge in [-0.1, -0.05) is 40.2 Å². The molecule has 0 fully saturated rings. The molecule has 0 bridgehead atoms. The minimum atomic E-state index is -0.827. The van der Waals surface area contributed by atoms with Gasteiger partial charge in [0.2, 0.25) is 0 Å². The van der Waals surface area contributed by atoms with Crippen LogP contribution in [-0.2, 0) is 19.5 Å². The zero-order chi connectivity index (χ0) is 14.8. The Balaban J connectivity index is 1.79.